The minimum atomic E-state index is -3.53. The second-order valence-electron chi connectivity index (χ2n) is 6.02. The fourth-order valence-electron chi connectivity index (χ4n) is 2.70. The summed E-state index contributed by atoms with van der Waals surface area (Å²) in [5.74, 6) is 0.329. The SMILES string of the molecule is Cc1csc(-c2cccc(S(=O)(=O)NC3CNCCC3C)c2)n1. The maximum absolute atomic E-state index is 12.7. The van der Waals surface area contributed by atoms with E-state index in [1.54, 1.807) is 18.2 Å². The van der Waals surface area contributed by atoms with Gasteiger partial charge in [0.05, 0.1) is 4.90 Å². The van der Waals surface area contributed by atoms with Crippen LogP contribution in [0.5, 0.6) is 0 Å². The molecule has 1 aliphatic rings. The second kappa shape index (κ2) is 6.68. The van der Waals surface area contributed by atoms with Crippen molar-refractivity contribution >= 4 is 21.4 Å². The first-order chi connectivity index (χ1) is 11.0. The molecule has 124 valence electrons. The number of nitrogens with zero attached hydrogens (tertiary/aromatic N) is 1. The molecule has 23 heavy (non-hydrogen) atoms. The molecule has 0 spiro atoms. The Bertz CT molecular complexity index is 786. The Hall–Kier alpha value is -1.28. The van der Waals surface area contributed by atoms with Gasteiger partial charge in [-0.3, -0.25) is 0 Å². The van der Waals surface area contributed by atoms with Gasteiger partial charge in [-0.25, -0.2) is 18.1 Å². The van der Waals surface area contributed by atoms with Gasteiger partial charge in [0.25, 0.3) is 0 Å². The van der Waals surface area contributed by atoms with Crippen molar-refractivity contribution in [3.8, 4) is 10.6 Å². The first kappa shape index (κ1) is 16.6. The highest BCUT2D eigenvalue weighted by Crippen LogP contribution is 2.26. The third kappa shape index (κ3) is 3.80. The molecule has 1 aromatic heterocycles. The van der Waals surface area contributed by atoms with Crippen LogP contribution in [0.15, 0.2) is 34.5 Å². The standard InChI is InChI=1S/C16H21N3O2S2/c1-11-6-7-17-9-15(11)19-23(20,21)14-5-3-4-13(8-14)16-18-12(2)10-22-16/h3-5,8,10-11,15,17,19H,6-7,9H2,1-2H3. The van der Waals surface area contributed by atoms with Crippen LogP contribution in [0.3, 0.4) is 0 Å². The van der Waals surface area contributed by atoms with Crippen molar-refractivity contribution in [2.24, 2.45) is 5.92 Å². The molecule has 1 fully saturated rings. The number of benzene rings is 1. The molecule has 2 unspecified atom stereocenters. The molecule has 5 nitrogen and oxygen atoms in total. The Balaban J connectivity index is 1.85. The molecule has 2 heterocycles. The molecule has 2 aromatic rings. The molecule has 0 bridgehead atoms. The molecule has 7 heteroatoms. The van der Waals surface area contributed by atoms with Gasteiger partial charge in [-0.05, 0) is 37.9 Å². The summed E-state index contributed by atoms with van der Waals surface area (Å²) < 4.78 is 28.2. The summed E-state index contributed by atoms with van der Waals surface area (Å²) in [5.41, 5.74) is 1.78. The maximum Gasteiger partial charge on any atom is 0.240 e. The van der Waals surface area contributed by atoms with E-state index < -0.39 is 10.0 Å². The highest BCUT2D eigenvalue weighted by Gasteiger charge is 2.26. The van der Waals surface area contributed by atoms with E-state index in [0.29, 0.717) is 17.4 Å². The van der Waals surface area contributed by atoms with Crippen molar-refractivity contribution in [1.82, 2.24) is 15.0 Å². The Kier molecular flexibility index (Phi) is 4.82. The topological polar surface area (TPSA) is 71.1 Å². The van der Waals surface area contributed by atoms with Crippen molar-refractivity contribution in [3.05, 3.63) is 35.3 Å². The molecule has 3 rings (SSSR count). The Morgan fingerprint density at radius 3 is 2.91 bits per heavy atom. The quantitative estimate of drug-likeness (QED) is 0.887. The van der Waals surface area contributed by atoms with Crippen LogP contribution in [0.2, 0.25) is 0 Å². The lowest BCUT2D eigenvalue weighted by Crippen LogP contribution is -2.50. The van der Waals surface area contributed by atoms with Crippen molar-refractivity contribution in [2.45, 2.75) is 31.2 Å². The van der Waals surface area contributed by atoms with Gasteiger partial charge in [0, 0.05) is 29.2 Å². The Labute approximate surface area is 141 Å². The summed E-state index contributed by atoms with van der Waals surface area (Å²) in [4.78, 5) is 4.72. The Morgan fingerprint density at radius 2 is 2.22 bits per heavy atom. The third-order valence-corrected chi connectivity index (χ3v) is 6.64. The average molecular weight is 351 g/mol. The van der Waals surface area contributed by atoms with Gasteiger partial charge in [-0.1, -0.05) is 19.1 Å². The fraction of sp³-hybridized carbons (Fsp3) is 0.438. The average Bonchev–Trinajstić information content (AvgIpc) is 2.96. The first-order valence-electron chi connectivity index (χ1n) is 7.71. The zero-order valence-corrected chi connectivity index (χ0v) is 14.9. The van der Waals surface area contributed by atoms with Crippen molar-refractivity contribution in [3.63, 3.8) is 0 Å². The van der Waals surface area contributed by atoms with Crippen LogP contribution >= 0.6 is 11.3 Å². The smallest absolute Gasteiger partial charge is 0.240 e. The molecular formula is C16H21N3O2S2. The lowest BCUT2D eigenvalue weighted by atomic mass is 9.96. The largest absolute Gasteiger partial charge is 0.315 e. The highest BCUT2D eigenvalue weighted by atomic mass is 32.2. The van der Waals surface area contributed by atoms with Gasteiger partial charge in [-0.15, -0.1) is 11.3 Å². The van der Waals surface area contributed by atoms with Crippen LogP contribution in [-0.4, -0.2) is 32.5 Å². The molecule has 0 amide bonds. The summed E-state index contributed by atoms with van der Waals surface area (Å²) >= 11 is 1.52. The predicted octanol–water partition coefficient (Wildman–Crippen LogP) is 2.39. The molecule has 1 aliphatic heterocycles. The summed E-state index contributed by atoms with van der Waals surface area (Å²) in [6.45, 7) is 5.63. The minimum Gasteiger partial charge on any atom is -0.315 e. The number of sulfonamides is 1. The second-order valence-corrected chi connectivity index (χ2v) is 8.59. The van der Waals surface area contributed by atoms with Crippen molar-refractivity contribution in [1.29, 1.82) is 0 Å². The molecular weight excluding hydrogens is 330 g/mol. The normalized spacial score (nSPS) is 22.2. The molecule has 1 saturated heterocycles. The number of hydrogen-bond acceptors (Lipinski definition) is 5. The van der Waals surface area contributed by atoms with Crippen molar-refractivity contribution < 1.29 is 8.42 Å². The molecule has 1 aromatic carbocycles. The van der Waals surface area contributed by atoms with Gasteiger partial charge < -0.3 is 5.32 Å². The lowest BCUT2D eigenvalue weighted by molar-refractivity contribution is 0.327. The van der Waals surface area contributed by atoms with Crippen LogP contribution in [0, 0.1) is 12.8 Å². The van der Waals surface area contributed by atoms with E-state index in [-0.39, 0.29) is 6.04 Å². The van der Waals surface area contributed by atoms with E-state index in [2.05, 4.69) is 21.9 Å². The molecule has 0 saturated carbocycles. The monoisotopic (exact) mass is 351 g/mol. The van der Waals surface area contributed by atoms with E-state index in [0.717, 1.165) is 29.2 Å². The van der Waals surface area contributed by atoms with Gasteiger partial charge in [0.2, 0.25) is 10.0 Å². The molecule has 2 atom stereocenters. The highest BCUT2D eigenvalue weighted by molar-refractivity contribution is 7.89. The molecule has 2 N–H and O–H groups in total. The zero-order chi connectivity index (χ0) is 16.4. The summed E-state index contributed by atoms with van der Waals surface area (Å²) in [6, 6.07) is 6.92. The van der Waals surface area contributed by atoms with Crippen LogP contribution in [-0.2, 0) is 10.0 Å². The van der Waals surface area contributed by atoms with Crippen LogP contribution in [0.1, 0.15) is 19.0 Å². The predicted molar refractivity (Wildman–Crippen MR) is 93.0 cm³/mol. The number of hydrogen-bond donors (Lipinski definition) is 2. The van der Waals surface area contributed by atoms with E-state index in [4.69, 9.17) is 0 Å². The number of piperidine rings is 1. The lowest BCUT2D eigenvalue weighted by Gasteiger charge is -2.30. The number of aryl methyl sites for hydroxylation is 1. The van der Waals surface area contributed by atoms with E-state index in [9.17, 15) is 8.42 Å². The van der Waals surface area contributed by atoms with Gasteiger partial charge in [0.1, 0.15) is 5.01 Å². The van der Waals surface area contributed by atoms with Crippen LogP contribution < -0.4 is 10.0 Å². The number of thiazole rings is 1. The van der Waals surface area contributed by atoms with Crippen LogP contribution in [0.25, 0.3) is 10.6 Å². The fourth-order valence-corrected chi connectivity index (χ4v) is 4.88. The summed E-state index contributed by atoms with van der Waals surface area (Å²) in [5, 5.41) is 6.05. The van der Waals surface area contributed by atoms with Crippen molar-refractivity contribution in [2.75, 3.05) is 13.1 Å². The maximum atomic E-state index is 12.7. The number of aromatic nitrogens is 1. The third-order valence-electron chi connectivity index (χ3n) is 4.14. The number of rotatable bonds is 4. The molecule has 0 aliphatic carbocycles. The molecule has 0 radical (unpaired) electrons. The van der Waals surface area contributed by atoms with E-state index >= 15 is 0 Å². The number of nitrogens with one attached hydrogen (secondary N) is 2. The van der Waals surface area contributed by atoms with Crippen LogP contribution in [0.4, 0.5) is 0 Å². The first-order valence-corrected chi connectivity index (χ1v) is 10.1. The Morgan fingerprint density at radius 1 is 1.39 bits per heavy atom. The van der Waals surface area contributed by atoms with Gasteiger partial charge in [-0.2, -0.15) is 0 Å². The van der Waals surface area contributed by atoms with E-state index in [1.165, 1.54) is 11.3 Å². The van der Waals surface area contributed by atoms with Gasteiger partial charge in [0.15, 0.2) is 0 Å². The zero-order valence-electron chi connectivity index (χ0n) is 13.2. The van der Waals surface area contributed by atoms with E-state index in [1.807, 2.05) is 18.4 Å². The minimum absolute atomic E-state index is 0.0699. The summed E-state index contributed by atoms with van der Waals surface area (Å²) in [7, 11) is -3.53. The summed E-state index contributed by atoms with van der Waals surface area (Å²) in [6.07, 6.45) is 0.978. The van der Waals surface area contributed by atoms with Gasteiger partial charge >= 0.3 is 0 Å².